The van der Waals surface area contributed by atoms with Gasteiger partial charge in [-0.1, -0.05) is 0 Å². The average Bonchev–Trinajstić information content (AvgIpc) is 3.12. The normalized spacial score (nSPS) is 26.7. The highest BCUT2D eigenvalue weighted by Gasteiger charge is 2.48. The lowest BCUT2D eigenvalue weighted by atomic mass is 10.0. The Hall–Kier alpha value is -1.43. The summed E-state index contributed by atoms with van der Waals surface area (Å²) in [6.07, 6.45) is -0.546. The summed E-state index contributed by atoms with van der Waals surface area (Å²) in [6.45, 7) is 1.16. The molecule has 2 aromatic heterocycles. The summed E-state index contributed by atoms with van der Waals surface area (Å²) in [7, 11) is 1.82. The lowest BCUT2D eigenvalue weighted by Gasteiger charge is -2.22. The van der Waals surface area contributed by atoms with E-state index in [0.29, 0.717) is 0 Å². The van der Waals surface area contributed by atoms with E-state index in [1.165, 1.54) is 32.0 Å². The van der Waals surface area contributed by atoms with Gasteiger partial charge in [0.2, 0.25) is 0 Å². The van der Waals surface area contributed by atoms with Crippen molar-refractivity contribution >= 4 is 34.7 Å². The molecular weight excluding hydrogens is 386 g/mol. The topological polar surface area (TPSA) is 118 Å². The second-order valence-corrected chi connectivity index (χ2v) is 8.30. The van der Waals surface area contributed by atoms with Gasteiger partial charge in [0, 0.05) is 20.6 Å². The van der Waals surface area contributed by atoms with E-state index in [2.05, 4.69) is 34.2 Å². The van der Waals surface area contributed by atoms with E-state index in [0.717, 1.165) is 0 Å². The Morgan fingerprint density at radius 3 is 2.88 bits per heavy atom. The monoisotopic (exact) mass is 403 g/mol. The molecule has 3 radical (unpaired) electrons. The second-order valence-electron chi connectivity index (χ2n) is 5.94. The van der Waals surface area contributed by atoms with E-state index in [1.807, 2.05) is 0 Å². The lowest BCUT2D eigenvalue weighted by molar-refractivity contribution is -0.0566. The molecule has 3 rings (SSSR count). The summed E-state index contributed by atoms with van der Waals surface area (Å²) < 4.78 is 48.6. The third kappa shape index (κ3) is 3.53. The predicted molar refractivity (Wildman–Crippen MR) is 89.2 cm³/mol. The van der Waals surface area contributed by atoms with Crippen molar-refractivity contribution in [1.29, 1.82) is 0 Å². The van der Waals surface area contributed by atoms with Crippen LogP contribution in [0.3, 0.4) is 0 Å². The van der Waals surface area contributed by atoms with Crippen molar-refractivity contribution in [2.75, 3.05) is 20.8 Å². The smallest absolute Gasteiger partial charge is 0.349 e. The number of phosphoric ester groups is 1. The zero-order chi connectivity index (χ0) is 19.1. The lowest BCUT2D eigenvalue weighted by Crippen LogP contribution is -2.29. The van der Waals surface area contributed by atoms with Gasteiger partial charge in [-0.25, -0.2) is 18.9 Å². The first-order valence-electron chi connectivity index (χ1n) is 7.58. The van der Waals surface area contributed by atoms with Crippen molar-refractivity contribution < 1.29 is 27.3 Å². The zero-order valence-corrected chi connectivity index (χ0v) is 16.2. The minimum Gasteiger partial charge on any atom is -0.349 e. The molecule has 1 saturated heterocycles. The largest absolute Gasteiger partial charge is 0.474 e. The molecule has 1 aliphatic rings. The summed E-state index contributed by atoms with van der Waals surface area (Å²) in [6, 6.07) is 0. The number of nitrogens with zero attached hydrogens (tertiary/aromatic N) is 3. The molecule has 0 aromatic carbocycles. The van der Waals surface area contributed by atoms with Crippen LogP contribution in [-0.2, 0) is 22.9 Å². The van der Waals surface area contributed by atoms with Crippen LogP contribution in [0, 0.1) is 0 Å². The van der Waals surface area contributed by atoms with Crippen LogP contribution in [0.15, 0.2) is 11.1 Å². The highest BCUT2D eigenvalue weighted by molar-refractivity contribution is 7.48. The first-order chi connectivity index (χ1) is 12.2. The maximum absolute atomic E-state index is 15.1. The molecule has 1 N–H and O–H groups in total. The van der Waals surface area contributed by atoms with Crippen molar-refractivity contribution in [3.8, 4) is 0 Å². The molecule has 1 fully saturated rings. The van der Waals surface area contributed by atoms with Gasteiger partial charge in [-0.3, -0.25) is 22.9 Å². The quantitative estimate of drug-likeness (QED) is 0.542. The first-order valence-corrected chi connectivity index (χ1v) is 9.54. The fourth-order valence-corrected chi connectivity index (χ4v) is 3.75. The molecule has 3 atom stereocenters. The van der Waals surface area contributed by atoms with Crippen LogP contribution in [0.5, 0.6) is 0 Å². The Balaban J connectivity index is 1.85. The van der Waals surface area contributed by atoms with Crippen LogP contribution in [0.2, 0.25) is 0 Å². The third-order valence-electron chi connectivity index (χ3n) is 4.01. The third-order valence-corrected chi connectivity index (χ3v) is 5.61. The Morgan fingerprint density at radius 1 is 1.54 bits per heavy atom. The number of aromatic amines is 1. The molecule has 0 spiro atoms. The summed E-state index contributed by atoms with van der Waals surface area (Å²) in [5.74, 6) is 0. The fraction of sp³-hybridized carbons (Fsp3) is 0.615. The Labute approximate surface area is 151 Å². The number of nitrogens with one attached hydrogen (secondary N) is 1. The minimum absolute atomic E-state index is 0.0330. The Kier molecular flexibility index (Phi) is 5.16. The second kappa shape index (κ2) is 6.95. The Morgan fingerprint density at radius 2 is 2.23 bits per heavy atom. The van der Waals surface area contributed by atoms with Gasteiger partial charge in [0.05, 0.1) is 24.5 Å². The number of aromatic nitrogens is 4. The van der Waals surface area contributed by atoms with Crippen LogP contribution in [-0.4, -0.2) is 62.4 Å². The average molecular weight is 403 g/mol. The van der Waals surface area contributed by atoms with Crippen molar-refractivity contribution in [3.63, 3.8) is 0 Å². The number of fused-ring (bicyclic) bond motifs is 1. The maximum Gasteiger partial charge on any atom is 0.474 e. The molecule has 1 aliphatic heterocycles. The summed E-state index contributed by atoms with van der Waals surface area (Å²) in [5.41, 5.74) is -1.84. The van der Waals surface area contributed by atoms with Crippen LogP contribution in [0.25, 0.3) is 11.2 Å². The molecule has 2 aromatic rings. The van der Waals surface area contributed by atoms with E-state index in [1.54, 1.807) is 0 Å². The van der Waals surface area contributed by atoms with Gasteiger partial charge in [-0.05, 0) is 6.92 Å². The van der Waals surface area contributed by atoms with Crippen molar-refractivity contribution in [3.05, 3.63) is 16.7 Å². The molecule has 0 aliphatic carbocycles. The fourth-order valence-electron chi connectivity index (χ4n) is 2.82. The van der Waals surface area contributed by atoms with Crippen LogP contribution < -0.4 is 11.0 Å². The number of alkyl halides is 1. The molecule has 0 unspecified atom stereocenters. The van der Waals surface area contributed by atoms with Crippen molar-refractivity contribution in [2.24, 2.45) is 0 Å². The Bertz CT molecular complexity index is 910. The van der Waals surface area contributed by atoms with Gasteiger partial charge in [0.25, 0.3) is 5.56 Å². The van der Waals surface area contributed by atoms with Crippen LogP contribution >= 0.6 is 7.82 Å². The zero-order valence-electron chi connectivity index (χ0n) is 14.3. The maximum atomic E-state index is 15.1. The van der Waals surface area contributed by atoms with Crippen LogP contribution in [0.1, 0.15) is 19.6 Å². The van der Waals surface area contributed by atoms with E-state index in [-0.39, 0.29) is 29.6 Å². The molecule has 0 amide bonds. The molecule has 0 saturated carbocycles. The summed E-state index contributed by atoms with van der Waals surface area (Å²) in [5, 5.41) is 0. The molecule has 141 valence electrons. The molecule has 3 heterocycles. The first kappa shape index (κ1) is 19.3. The van der Waals surface area contributed by atoms with Gasteiger partial charge in [0.15, 0.2) is 23.1 Å². The van der Waals surface area contributed by atoms with E-state index < -0.39 is 31.4 Å². The summed E-state index contributed by atoms with van der Waals surface area (Å²) >= 11 is 0. The van der Waals surface area contributed by atoms with E-state index in [4.69, 9.17) is 9.26 Å². The molecule has 26 heavy (non-hydrogen) atoms. The molecular formula is C13H17FN4O6PSi. The number of halogens is 1. The van der Waals surface area contributed by atoms with Gasteiger partial charge < -0.3 is 9.72 Å². The number of ether oxygens (including phenoxy) is 1. The van der Waals surface area contributed by atoms with Gasteiger partial charge in [-0.15, -0.1) is 0 Å². The number of H-pyrrole nitrogens is 1. The number of hydrogen-bond acceptors (Lipinski definition) is 8. The molecule has 10 nitrogen and oxygen atoms in total. The SMILES string of the molecule is COP(=O)(OC)OC[C@@H]1C[C@@](C)(F)[C@H](n2cnc3c(=O)[nH]c([Si])nc32)O1. The number of imidazole rings is 1. The van der Waals surface area contributed by atoms with E-state index >= 15 is 4.39 Å². The number of phosphoric acid groups is 1. The van der Waals surface area contributed by atoms with Gasteiger partial charge in [-0.2, -0.15) is 0 Å². The standard InChI is InChI=1S/C13H17FN4O6PSi/c1-13(14)4-7(5-23-25(20,21-2)22-3)24-11(13)18-6-15-8-9(18)16-12(26)17-10(8)19/h6-7,11H,4-5H2,1-3H3,(H,16,17,19)/t7-,11+,13+/m0/s1. The molecule has 13 heteroatoms. The predicted octanol–water partition coefficient (Wildman–Crippen LogP) is 0.347. The van der Waals surface area contributed by atoms with Gasteiger partial charge >= 0.3 is 7.82 Å². The highest BCUT2D eigenvalue weighted by atomic mass is 31.2. The van der Waals surface area contributed by atoms with Crippen molar-refractivity contribution in [2.45, 2.75) is 31.3 Å². The summed E-state index contributed by atoms with van der Waals surface area (Å²) in [4.78, 5) is 22.5. The van der Waals surface area contributed by atoms with Crippen LogP contribution in [0.4, 0.5) is 4.39 Å². The molecule has 0 bridgehead atoms. The minimum atomic E-state index is -3.69. The van der Waals surface area contributed by atoms with E-state index in [9.17, 15) is 9.36 Å². The highest BCUT2D eigenvalue weighted by Crippen LogP contribution is 2.49. The number of rotatable bonds is 6. The number of hydrogen-bond donors (Lipinski definition) is 1. The van der Waals surface area contributed by atoms with Crippen molar-refractivity contribution in [1.82, 2.24) is 19.5 Å². The van der Waals surface area contributed by atoms with Gasteiger partial charge in [0.1, 0.15) is 10.2 Å².